The lowest BCUT2D eigenvalue weighted by Gasteiger charge is -2.30. The number of benzene rings is 1. The number of ether oxygens (including phenoxy) is 1. The number of rotatable bonds is 3. The highest BCUT2D eigenvalue weighted by Crippen LogP contribution is 2.32. The van der Waals surface area contributed by atoms with Crippen molar-refractivity contribution in [3.05, 3.63) is 23.8 Å². The van der Waals surface area contributed by atoms with Crippen molar-refractivity contribution in [3.8, 4) is 5.75 Å². The summed E-state index contributed by atoms with van der Waals surface area (Å²) in [7, 11) is 0. The lowest BCUT2D eigenvalue weighted by atomic mass is 10.1. The van der Waals surface area contributed by atoms with Crippen molar-refractivity contribution in [2.24, 2.45) is 0 Å². The summed E-state index contributed by atoms with van der Waals surface area (Å²) in [5.41, 5.74) is 1.83. The van der Waals surface area contributed by atoms with Crippen LogP contribution in [0.15, 0.2) is 18.2 Å². The van der Waals surface area contributed by atoms with Crippen molar-refractivity contribution in [2.75, 3.05) is 24.6 Å². The molecule has 0 aromatic heterocycles. The first kappa shape index (κ1) is 11.0. The van der Waals surface area contributed by atoms with E-state index >= 15 is 0 Å². The summed E-state index contributed by atoms with van der Waals surface area (Å²) < 4.78 is 5.57. The molecule has 0 unspecified atom stereocenters. The molecule has 0 saturated carbocycles. The Bertz CT molecular complexity index is 401. The van der Waals surface area contributed by atoms with Gasteiger partial charge in [0.2, 0.25) is 0 Å². The Hall–Kier alpha value is -1.51. The van der Waals surface area contributed by atoms with E-state index in [2.05, 4.69) is 11.8 Å². The molecule has 1 aliphatic rings. The molecule has 0 amide bonds. The van der Waals surface area contributed by atoms with Crippen LogP contribution < -0.4 is 9.64 Å². The highest BCUT2D eigenvalue weighted by atomic mass is 16.5. The number of carbonyl (C=O) groups excluding carboxylic acids is 1. The summed E-state index contributed by atoms with van der Waals surface area (Å²) in [5.74, 6) is 1.07. The predicted octanol–water partition coefficient (Wildman–Crippen LogP) is 2.50. The molecule has 3 nitrogen and oxygen atoms in total. The summed E-state index contributed by atoms with van der Waals surface area (Å²) in [6, 6.07) is 5.70. The Morgan fingerprint density at radius 2 is 2.25 bits per heavy atom. The SMILES string of the molecule is CCC(=O)c1ccc2c(c1)N(CC)CCO2. The average Bonchev–Trinajstić information content (AvgIpc) is 2.36. The van der Waals surface area contributed by atoms with Crippen molar-refractivity contribution in [1.82, 2.24) is 0 Å². The Morgan fingerprint density at radius 3 is 2.94 bits per heavy atom. The fourth-order valence-corrected chi connectivity index (χ4v) is 1.98. The molecular weight excluding hydrogens is 202 g/mol. The first-order valence-corrected chi connectivity index (χ1v) is 5.81. The van der Waals surface area contributed by atoms with Gasteiger partial charge in [-0.1, -0.05) is 6.92 Å². The van der Waals surface area contributed by atoms with Crippen LogP contribution in [-0.4, -0.2) is 25.5 Å². The summed E-state index contributed by atoms with van der Waals surface area (Å²) >= 11 is 0. The van der Waals surface area contributed by atoms with Crippen LogP contribution in [0.4, 0.5) is 5.69 Å². The number of anilines is 1. The largest absolute Gasteiger partial charge is 0.490 e. The number of nitrogens with zero attached hydrogens (tertiary/aromatic N) is 1. The number of carbonyl (C=O) groups is 1. The maximum absolute atomic E-state index is 11.6. The molecule has 1 aromatic carbocycles. The minimum absolute atomic E-state index is 0.185. The summed E-state index contributed by atoms with van der Waals surface area (Å²) in [6.07, 6.45) is 0.547. The molecule has 0 spiro atoms. The van der Waals surface area contributed by atoms with Gasteiger partial charge in [0.1, 0.15) is 12.4 Å². The van der Waals surface area contributed by atoms with E-state index in [9.17, 15) is 4.79 Å². The quantitative estimate of drug-likeness (QED) is 0.731. The molecule has 2 rings (SSSR count). The third kappa shape index (κ3) is 1.90. The summed E-state index contributed by atoms with van der Waals surface area (Å²) in [5, 5.41) is 0. The second kappa shape index (κ2) is 4.56. The molecule has 0 aliphatic carbocycles. The molecule has 0 saturated heterocycles. The van der Waals surface area contributed by atoms with Crippen molar-refractivity contribution in [1.29, 1.82) is 0 Å². The van der Waals surface area contributed by atoms with Gasteiger partial charge in [-0.3, -0.25) is 4.79 Å². The van der Waals surface area contributed by atoms with Gasteiger partial charge in [-0.25, -0.2) is 0 Å². The van der Waals surface area contributed by atoms with E-state index < -0.39 is 0 Å². The Kier molecular flexibility index (Phi) is 3.13. The zero-order chi connectivity index (χ0) is 11.5. The summed E-state index contributed by atoms with van der Waals surface area (Å²) in [4.78, 5) is 13.9. The number of hydrogen-bond acceptors (Lipinski definition) is 3. The monoisotopic (exact) mass is 219 g/mol. The van der Waals surface area contributed by atoms with Gasteiger partial charge >= 0.3 is 0 Å². The lowest BCUT2D eigenvalue weighted by molar-refractivity contribution is 0.0988. The Morgan fingerprint density at radius 1 is 1.44 bits per heavy atom. The highest BCUT2D eigenvalue weighted by Gasteiger charge is 2.18. The topological polar surface area (TPSA) is 29.5 Å². The Labute approximate surface area is 96.0 Å². The van der Waals surface area contributed by atoms with E-state index in [0.29, 0.717) is 6.42 Å². The van der Waals surface area contributed by atoms with E-state index in [1.807, 2.05) is 25.1 Å². The third-order valence-electron chi connectivity index (χ3n) is 2.94. The number of hydrogen-bond donors (Lipinski definition) is 0. The second-order valence-corrected chi connectivity index (χ2v) is 3.89. The second-order valence-electron chi connectivity index (χ2n) is 3.89. The molecule has 1 heterocycles. The number of ketones is 1. The normalized spacial score (nSPS) is 14.2. The van der Waals surface area contributed by atoms with Gasteiger partial charge in [-0.15, -0.1) is 0 Å². The molecule has 1 aliphatic heterocycles. The van der Waals surface area contributed by atoms with E-state index in [1.165, 1.54) is 0 Å². The van der Waals surface area contributed by atoms with Crippen molar-refractivity contribution in [3.63, 3.8) is 0 Å². The van der Waals surface area contributed by atoms with E-state index in [4.69, 9.17) is 4.74 Å². The minimum atomic E-state index is 0.185. The maximum Gasteiger partial charge on any atom is 0.162 e. The molecule has 0 radical (unpaired) electrons. The number of likely N-dealkylation sites (N-methyl/N-ethyl adjacent to an activating group) is 1. The molecule has 0 N–H and O–H groups in total. The molecule has 0 atom stereocenters. The van der Waals surface area contributed by atoms with Crippen molar-refractivity contribution >= 4 is 11.5 Å². The van der Waals surface area contributed by atoms with Crippen LogP contribution in [-0.2, 0) is 0 Å². The molecule has 0 fully saturated rings. The standard InChI is InChI=1S/C13H17NO2/c1-3-12(15)10-5-6-13-11(9-10)14(4-2)7-8-16-13/h5-6,9H,3-4,7-8H2,1-2H3. The molecular formula is C13H17NO2. The van der Waals surface area contributed by atoms with Crippen molar-refractivity contribution in [2.45, 2.75) is 20.3 Å². The first-order chi connectivity index (χ1) is 7.76. The average molecular weight is 219 g/mol. The number of fused-ring (bicyclic) bond motifs is 1. The van der Waals surface area contributed by atoms with Crippen LogP contribution in [0, 0.1) is 0 Å². The number of Topliss-reactive ketones (excluding diaryl/α,β-unsaturated/α-hetero) is 1. The van der Waals surface area contributed by atoms with E-state index in [0.717, 1.165) is 36.7 Å². The third-order valence-corrected chi connectivity index (χ3v) is 2.94. The van der Waals surface area contributed by atoms with Gasteiger partial charge in [0.25, 0.3) is 0 Å². The van der Waals surface area contributed by atoms with Gasteiger partial charge in [0, 0.05) is 18.5 Å². The summed E-state index contributed by atoms with van der Waals surface area (Å²) in [6.45, 7) is 6.56. The van der Waals surface area contributed by atoms with Crippen LogP contribution >= 0.6 is 0 Å². The first-order valence-electron chi connectivity index (χ1n) is 5.81. The van der Waals surface area contributed by atoms with Gasteiger partial charge in [0.15, 0.2) is 5.78 Å². The molecule has 3 heteroatoms. The van der Waals surface area contributed by atoms with Gasteiger partial charge in [-0.2, -0.15) is 0 Å². The van der Waals surface area contributed by atoms with Gasteiger partial charge in [0.05, 0.1) is 12.2 Å². The minimum Gasteiger partial charge on any atom is -0.490 e. The van der Waals surface area contributed by atoms with Crippen molar-refractivity contribution < 1.29 is 9.53 Å². The van der Waals surface area contributed by atoms with Crippen LogP contribution in [0.2, 0.25) is 0 Å². The zero-order valence-electron chi connectivity index (χ0n) is 9.82. The molecule has 1 aromatic rings. The van der Waals surface area contributed by atoms with Crippen LogP contribution in [0.25, 0.3) is 0 Å². The van der Waals surface area contributed by atoms with Crippen LogP contribution in [0.1, 0.15) is 30.6 Å². The molecule has 16 heavy (non-hydrogen) atoms. The molecule has 0 bridgehead atoms. The van der Waals surface area contributed by atoms with Gasteiger partial charge < -0.3 is 9.64 Å². The Balaban J connectivity index is 2.38. The van der Waals surface area contributed by atoms with Gasteiger partial charge in [-0.05, 0) is 25.1 Å². The van der Waals surface area contributed by atoms with E-state index in [1.54, 1.807) is 0 Å². The smallest absolute Gasteiger partial charge is 0.162 e. The van der Waals surface area contributed by atoms with Crippen LogP contribution in [0.3, 0.4) is 0 Å². The fourth-order valence-electron chi connectivity index (χ4n) is 1.98. The zero-order valence-corrected chi connectivity index (χ0v) is 9.82. The lowest BCUT2D eigenvalue weighted by Crippen LogP contribution is -2.32. The molecule has 86 valence electrons. The predicted molar refractivity (Wildman–Crippen MR) is 64.4 cm³/mol. The maximum atomic E-state index is 11.6. The van der Waals surface area contributed by atoms with Crippen LogP contribution in [0.5, 0.6) is 5.75 Å². The fraction of sp³-hybridized carbons (Fsp3) is 0.462. The highest BCUT2D eigenvalue weighted by molar-refractivity contribution is 5.97. The van der Waals surface area contributed by atoms with E-state index in [-0.39, 0.29) is 5.78 Å².